The zero-order chi connectivity index (χ0) is 26.0. The summed E-state index contributed by atoms with van der Waals surface area (Å²) in [6.45, 7) is 11.9. The van der Waals surface area contributed by atoms with Crippen LogP contribution in [0.1, 0.15) is 26.7 Å². The molecular formula is C24H22N4O4S4. The molecule has 0 radical (unpaired) electrons. The summed E-state index contributed by atoms with van der Waals surface area (Å²) < 4.78 is 2.15. The Hall–Kier alpha value is -2.85. The molecule has 0 aliphatic carbocycles. The Balaban J connectivity index is 1.83. The number of benzene rings is 1. The molecule has 2 aliphatic heterocycles. The van der Waals surface area contributed by atoms with Crippen LogP contribution in [0.3, 0.4) is 0 Å². The maximum absolute atomic E-state index is 13.2. The first-order chi connectivity index (χ1) is 17.3. The van der Waals surface area contributed by atoms with Crippen molar-refractivity contribution in [3.05, 3.63) is 60.3 Å². The molecule has 1 aromatic heterocycles. The van der Waals surface area contributed by atoms with E-state index in [2.05, 4.69) is 16.7 Å². The molecular weight excluding hydrogens is 537 g/mol. The fraction of sp³-hybridized carbons (Fsp3) is 0.292. The fourth-order valence-electron chi connectivity index (χ4n) is 3.76. The van der Waals surface area contributed by atoms with Crippen molar-refractivity contribution in [1.29, 1.82) is 0 Å². The van der Waals surface area contributed by atoms with Crippen molar-refractivity contribution >= 4 is 85.6 Å². The second-order valence-electron chi connectivity index (χ2n) is 7.85. The Morgan fingerprint density at radius 3 is 2.61 bits per heavy atom. The first-order valence-electron chi connectivity index (χ1n) is 11.2. The summed E-state index contributed by atoms with van der Waals surface area (Å²) in [5.74, 6) is -1.49. The van der Waals surface area contributed by atoms with Crippen molar-refractivity contribution in [3.63, 3.8) is 0 Å². The van der Waals surface area contributed by atoms with Gasteiger partial charge in [-0.2, -0.15) is 0 Å². The Bertz CT molecular complexity index is 1520. The summed E-state index contributed by atoms with van der Waals surface area (Å²) in [4.78, 5) is 46.0. The number of thiocarbonyl (C=S) groups is 1. The van der Waals surface area contributed by atoms with Gasteiger partial charge in [-0.3, -0.25) is 23.9 Å². The lowest BCUT2D eigenvalue weighted by Gasteiger charge is -2.20. The molecule has 4 rings (SSSR count). The van der Waals surface area contributed by atoms with Crippen LogP contribution in [0.25, 0.3) is 15.8 Å². The molecule has 2 aromatic rings. The standard InChI is InChI=1S/C24H22N4O4S4/c1-4-6-11-27-15-12-14(25-3)7-8-16(15)34-18(27)10-9-17-21(31)28(13-19(29)30)23(35-17)20-22(32)26(5-2)24(33)36-20/h7-10,12H,4-6,11,13H2,1-2H3,(H,29,30)/b17-9+,18-10-,23-20-. The highest BCUT2D eigenvalue weighted by molar-refractivity contribution is 8.30. The van der Waals surface area contributed by atoms with Crippen LogP contribution in [0.15, 0.2) is 39.0 Å². The topological polar surface area (TPSA) is 87.2 Å². The van der Waals surface area contributed by atoms with Crippen LogP contribution in [0, 0.1) is 6.57 Å². The summed E-state index contributed by atoms with van der Waals surface area (Å²) in [6.07, 6.45) is 5.49. The van der Waals surface area contributed by atoms with Gasteiger partial charge in [0.1, 0.15) is 20.4 Å². The summed E-state index contributed by atoms with van der Waals surface area (Å²) in [5.41, 5.74) is 1.07. The van der Waals surface area contributed by atoms with Gasteiger partial charge < -0.3 is 10.0 Å². The van der Waals surface area contributed by atoms with Crippen LogP contribution in [0.4, 0.5) is 11.4 Å². The van der Waals surface area contributed by atoms with Crippen LogP contribution in [-0.2, 0) is 16.1 Å². The number of thiazole rings is 1. The number of carbonyl (C=O) groups excluding carboxylic acids is 1. The van der Waals surface area contributed by atoms with Crippen LogP contribution in [-0.4, -0.2) is 43.9 Å². The number of fused-ring (bicyclic) bond motifs is 1. The third kappa shape index (κ3) is 5.01. The Morgan fingerprint density at radius 2 is 1.97 bits per heavy atom. The molecule has 36 heavy (non-hydrogen) atoms. The minimum atomic E-state index is -1.17. The number of nitrogens with zero attached hydrogens (tertiary/aromatic N) is 4. The van der Waals surface area contributed by atoms with E-state index in [4.69, 9.17) is 18.8 Å². The first-order valence-corrected chi connectivity index (χ1v) is 14.0. The maximum atomic E-state index is 13.2. The third-order valence-corrected chi connectivity index (χ3v) is 9.36. The molecule has 1 fully saturated rings. The zero-order valence-electron chi connectivity index (χ0n) is 19.5. The predicted octanol–water partition coefficient (Wildman–Crippen LogP) is 3.57. The van der Waals surface area contributed by atoms with Crippen molar-refractivity contribution < 1.29 is 14.7 Å². The molecule has 1 saturated heterocycles. The van der Waals surface area contributed by atoms with E-state index in [0.29, 0.717) is 25.7 Å². The number of carboxylic acid groups (broad SMARTS) is 1. The Kier molecular flexibility index (Phi) is 8.04. The van der Waals surface area contributed by atoms with E-state index in [1.165, 1.54) is 4.90 Å². The number of anilines is 1. The zero-order valence-corrected chi connectivity index (χ0v) is 22.8. The normalized spacial score (nSPS) is 18.4. The predicted molar refractivity (Wildman–Crippen MR) is 150 cm³/mol. The quantitative estimate of drug-likeness (QED) is 0.408. The molecule has 186 valence electrons. The van der Waals surface area contributed by atoms with Crippen LogP contribution in [0.2, 0.25) is 0 Å². The largest absolute Gasteiger partial charge is 0.480 e. The Labute approximate surface area is 225 Å². The van der Waals surface area contributed by atoms with Crippen molar-refractivity contribution in [1.82, 2.24) is 9.47 Å². The van der Waals surface area contributed by atoms with Gasteiger partial charge in [-0.1, -0.05) is 61.2 Å². The highest BCUT2D eigenvalue weighted by Crippen LogP contribution is 2.47. The van der Waals surface area contributed by atoms with Crippen molar-refractivity contribution in [2.45, 2.75) is 38.1 Å². The van der Waals surface area contributed by atoms with E-state index in [0.717, 1.165) is 62.7 Å². The molecule has 1 N–H and O–H groups in total. The van der Waals surface area contributed by atoms with E-state index < -0.39 is 18.1 Å². The first kappa shape index (κ1) is 26.2. The highest BCUT2D eigenvalue weighted by atomic mass is 32.2. The summed E-state index contributed by atoms with van der Waals surface area (Å²) in [6, 6.07) is 5.59. The summed E-state index contributed by atoms with van der Waals surface area (Å²) in [7, 11) is 0. The van der Waals surface area contributed by atoms with Gasteiger partial charge in [-0.15, -0.1) is 11.3 Å². The number of hydrogen-bond donors (Lipinski definition) is 1. The monoisotopic (exact) mass is 558 g/mol. The summed E-state index contributed by atoms with van der Waals surface area (Å²) >= 11 is 9.03. The molecule has 1 aromatic carbocycles. The molecule has 1 amide bonds. The van der Waals surface area contributed by atoms with Gasteiger partial charge >= 0.3 is 5.97 Å². The van der Waals surface area contributed by atoms with Crippen LogP contribution in [0.5, 0.6) is 0 Å². The number of amides is 1. The van der Waals surface area contributed by atoms with Crippen molar-refractivity contribution in [3.8, 4) is 0 Å². The van der Waals surface area contributed by atoms with Gasteiger partial charge in [0.05, 0.1) is 16.1 Å². The molecule has 0 saturated carbocycles. The minimum Gasteiger partial charge on any atom is -0.480 e. The molecule has 8 nitrogen and oxygen atoms in total. The lowest BCUT2D eigenvalue weighted by atomic mass is 10.2. The highest BCUT2D eigenvalue weighted by Gasteiger charge is 2.33. The minimum absolute atomic E-state index is 0.274. The van der Waals surface area contributed by atoms with Crippen LogP contribution >= 0.6 is 47.1 Å². The van der Waals surface area contributed by atoms with E-state index in [1.54, 1.807) is 30.8 Å². The summed E-state index contributed by atoms with van der Waals surface area (Å²) in [5, 5.41) is 10.3. The molecule has 0 bridgehead atoms. The van der Waals surface area contributed by atoms with Gasteiger partial charge in [-0.05, 0) is 31.6 Å². The number of thioether (sulfide) groups is 2. The molecule has 12 heteroatoms. The fourth-order valence-corrected chi connectivity index (χ4v) is 7.41. The van der Waals surface area contributed by atoms with Gasteiger partial charge in [0.15, 0.2) is 5.69 Å². The number of rotatable bonds is 7. The smallest absolute Gasteiger partial charge is 0.323 e. The van der Waals surface area contributed by atoms with Gasteiger partial charge in [0.2, 0.25) is 0 Å². The van der Waals surface area contributed by atoms with Crippen molar-refractivity contribution in [2.24, 2.45) is 0 Å². The van der Waals surface area contributed by atoms with E-state index >= 15 is 0 Å². The molecule has 2 aliphatic rings. The number of allylic oxidation sites excluding steroid dienone is 1. The Morgan fingerprint density at radius 1 is 1.19 bits per heavy atom. The molecule has 0 atom stereocenters. The third-order valence-electron chi connectivity index (χ3n) is 5.52. The van der Waals surface area contributed by atoms with Gasteiger partial charge in [0.25, 0.3) is 11.5 Å². The number of carboxylic acids is 1. The maximum Gasteiger partial charge on any atom is 0.323 e. The number of aromatic nitrogens is 1. The van der Waals surface area contributed by atoms with Crippen LogP contribution < -0.4 is 19.7 Å². The number of unbranched alkanes of at least 4 members (excludes halogenated alkanes) is 1. The average molecular weight is 559 g/mol. The van der Waals surface area contributed by atoms with E-state index in [-0.39, 0.29) is 10.8 Å². The van der Waals surface area contributed by atoms with E-state index in [1.807, 2.05) is 18.2 Å². The van der Waals surface area contributed by atoms with Gasteiger partial charge in [0, 0.05) is 23.7 Å². The van der Waals surface area contributed by atoms with E-state index in [9.17, 15) is 19.5 Å². The molecule has 0 unspecified atom stereocenters. The number of hydrogen-bond acceptors (Lipinski definition) is 8. The SMILES string of the molecule is [C-]#[N+]c1ccc2c(c1)N(CCCC)/C(=C/C=c1/s/c(=C3\SC(=S)N(CC)C3=O)n(CC(=O)O)c1=O)S2. The lowest BCUT2D eigenvalue weighted by Crippen LogP contribution is -2.35. The number of carbonyl (C=O) groups is 2. The van der Waals surface area contributed by atoms with Crippen molar-refractivity contribution in [2.75, 3.05) is 18.0 Å². The molecule has 0 spiro atoms. The van der Waals surface area contributed by atoms with Gasteiger partial charge in [-0.25, -0.2) is 4.85 Å². The second kappa shape index (κ2) is 11.0. The second-order valence-corrected chi connectivity index (χ2v) is 11.6. The molecule has 3 heterocycles. The number of aliphatic carboxylic acids is 1. The lowest BCUT2D eigenvalue weighted by molar-refractivity contribution is -0.137. The average Bonchev–Trinajstić information content (AvgIpc) is 3.46.